The molecule has 0 amide bonds. The van der Waals surface area contributed by atoms with E-state index in [1.54, 1.807) is 29.3 Å². The zero-order valence-electron chi connectivity index (χ0n) is 13.2. The largest absolute Gasteiger partial charge is 0.299 e. The smallest absolute Gasteiger partial charge is 0.256 e. The van der Waals surface area contributed by atoms with Crippen LogP contribution in [-0.2, 0) is 6.42 Å². The second-order valence-corrected chi connectivity index (χ2v) is 6.34. The molecule has 0 fully saturated rings. The summed E-state index contributed by atoms with van der Waals surface area (Å²) >= 11 is 6.13. The van der Waals surface area contributed by atoms with Crippen molar-refractivity contribution >= 4 is 11.6 Å². The maximum absolute atomic E-state index is 13.0. The molecule has 0 unspecified atom stereocenters. The van der Waals surface area contributed by atoms with Gasteiger partial charge < -0.3 is 0 Å². The molecule has 0 radical (unpaired) electrons. The van der Waals surface area contributed by atoms with E-state index in [-0.39, 0.29) is 0 Å². The van der Waals surface area contributed by atoms with Crippen LogP contribution in [0, 0.1) is 11.8 Å². The lowest BCUT2D eigenvalue weighted by molar-refractivity contribution is 0.0278. The first-order chi connectivity index (χ1) is 11.9. The quantitative estimate of drug-likeness (QED) is 0.489. The van der Waals surface area contributed by atoms with Crippen molar-refractivity contribution in [1.29, 1.82) is 0 Å². The van der Waals surface area contributed by atoms with Crippen molar-refractivity contribution in [3.63, 3.8) is 0 Å². The van der Waals surface area contributed by atoms with Gasteiger partial charge in [-0.3, -0.25) is 4.57 Å². The molecule has 0 aliphatic carbocycles. The van der Waals surface area contributed by atoms with Crippen molar-refractivity contribution in [2.24, 2.45) is 0 Å². The van der Waals surface area contributed by atoms with Crippen LogP contribution in [0.25, 0.3) is 11.4 Å². The number of halogens is 3. The number of hydrogen-bond donors (Lipinski definition) is 0. The Bertz CT molecular complexity index is 1020. The third kappa shape index (κ3) is 2.89. The van der Waals surface area contributed by atoms with Crippen molar-refractivity contribution in [3.05, 3.63) is 52.8 Å². The number of hydrogen-bond acceptors (Lipinski definition) is 3. The van der Waals surface area contributed by atoms with Crippen molar-refractivity contribution in [3.8, 4) is 23.2 Å². The molecule has 0 saturated heterocycles. The summed E-state index contributed by atoms with van der Waals surface area (Å²) < 4.78 is 29.6. The molecule has 25 heavy (non-hydrogen) atoms. The van der Waals surface area contributed by atoms with E-state index in [4.69, 9.17) is 11.6 Å². The molecule has 0 N–H and O–H groups in total. The molecule has 4 rings (SSSR count). The molecule has 3 heterocycles. The normalized spacial score (nSPS) is 12.5. The highest BCUT2D eigenvalue weighted by molar-refractivity contribution is 6.30. The van der Waals surface area contributed by atoms with Gasteiger partial charge in [0, 0.05) is 18.4 Å². The molecular weight excluding hydrogens is 348 g/mol. The van der Waals surface area contributed by atoms with Crippen LogP contribution < -0.4 is 0 Å². The molecule has 0 spiro atoms. The van der Waals surface area contributed by atoms with Crippen LogP contribution in [0.1, 0.15) is 30.4 Å². The fourth-order valence-electron chi connectivity index (χ4n) is 2.76. The molecule has 0 atom stereocenters. The number of benzene rings is 1. The summed E-state index contributed by atoms with van der Waals surface area (Å²) in [7, 11) is 0. The molecule has 1 aromatic carbocycles. The highest BCUT2D eigenvalue weighted by Gasteiger charge is 2.23. The van der Waals surface area contributed by atoms with Crippen LogP contribution >= 0.6 is 11.6 Å². The molecule has 8 heteroatoms. The van der Waals surface area contributed by atoms with Crippen LogP contribution in [0.3, 0.4) is 0 Å². The van der Waals surface area contributed by atoms with Gasteiger partial charge in [-0.2, -0.15) is 0 Å². The van der Waals surface area contributed by atoms with E-state index in [9.17, 15) is 8.78 Å². The van der Waals surface area contributed by atoms with Gasteiger partial charge in [0.15, 0.2) is 0 Å². The average Bonchev–Trinajstić information content (AvgIpc) is 3.12. The molecule has 2 aromatic heterocycles. The molecule has 1 aliphatic rings. The van der Waals surface area contributed by atoms with Gasteiger partial charge in [-0.1, -0.05) is 22.7 Å². The van der Waals surface area contributed by atoms with Crippen molar-refractivity contribution in [2.75, 3.05) is 0 Å². The molecule has 5 nitrogen and oxygen atoms in total. The van der Waals surface area contributed by atoms with E-state index in [1.165, 1.54) is 0 Å². The minimum absolute atomic E-state index is 0.472. The zero-order chi connectivity index (χ0) is 17.6. The molecule has 126 valence electrons. The summed E-state index contributed by atoms with van der Waals surface area (Å²) in [6.45, 7) is 0.847. The Labute approximate surface area is 147 Å². The molecular formula is C17H12ClF2N5. The van der Waals surface area contributed by atoms with E-state index in [2.05, 4.69) is 27.1 Å². The number of alkyl halides is 2. The van der Waals surface area contributed by atoms with Crippen LogP contribution in [-0.4, -0.2) is 30.5 Å². The standard InChI is InChI=1S/C17H12ClF2N5/c1-17(19,20)6-2-3-13-15-8-12-9-22-23-25(12)16-7-11(18)4-5-14(16)24(15)10-21-13/h4-5,7,9-10H,6,8H2,1H3. The Morgan fingerprint density at radius 3 is 2.96 bits per heavy atom. The van der Waals surface area contributed by atoms with Crippen LogP contribution in [0.5, 0.6) is 0 Å². The van der Waals surface area contributed by atoms with Gasteiger partial charge >= 0.3 is 0 Å². The SMILES string of the molecule is CC(F)(F)CC#Cc1ncn2c1Cc1cnnn1-c1cc(Cl)ccc1-2. The summed E-state index contributed by atoms with van der Waals surface area (Å²) in [6.07, 6.45) is 3.26. The number of rotatable bonds is 1. The molecule has 1 aliphatic heterocycles. The third-order valence-corrected chi connectivity index (χ3v) is 4.10. The van der Waals surface area contributed by atoms with Gasteiger partial charge in [-0.25, -0.2) is 18.4 Å². The third-order valence-electron chi connectivity index (χ3n) is 3.87. The monoisotopic (exact) mass is 359 g/mol. The number of aromatic nitrogens is 5. The number of nitrogens with zero attached hydrogens (tertiary/aromatic N) is 5. The lowest BCUT2D eigenvalue weighted by Crippen LogP contribution is -2.07. The summed E-state index contributed by atoms with van der Waals surface area (Å²) in [6, 6.07) is 5.43. The first-order valence-electron chi connectivity index (χ1n) is 7.55. The highest BCUT2D eigenvalue weighted by Crippen LogP contribution is 2.30. The zero-order valence-corrected chi connectivity index (χ0v) is 13.9. The van der Waals surface area contributed by atoms with Gasteiger partial charge in [0.25, 0.3) is 5.92 Å². The predicted octanol–water partition coefficient (Wildman–Crippen LogP) is 3.41. The fraction of sp³-hybridized carbons (Fsp3) is 0.235. The predicted molar refractivity (Wildman–Crippen MR) is 88.4 cm³/mol. The lowest BCUT2D eigenvalue weighted by Gasteiger charge is -2.09. The van der Waals surface area contributed by atoms with Crippen LogP contribution in [0.2, 0.25) is 5.02 Å². The Morgan fingerprint density at radius 2 is 2.16 bits per heavy atom. The lowest BCUT2D eigenvalue weighted by atomic mass is 10.2. The fourth-order valence-corrected chi connectivity index (χ4v) is 2.93. The highest BCUT2D eigenvalue weighted by atomic mass is 35.5. The Balaban J connectivity index is 1.86. The second kappa shape index (κ2) is 5.67. The summed E-state index contributed by atoms with van der Waals surface area (Å²) in [5, 5.41) is 8.66. The number of imidazole rings is 1. The topological polar surface area (TPSA) is 48.5 Å². The average molecular weight is 360 g/mol. The summed E-state index contributed by atoms with van der Waals surface area (Å²) in [5.74, 6) is 2.45. The van der Waals surface area contributed by atoms with Crippen molar-refractivity contribution < 1.29 is 8.78 Å². The van der Waals surface area contributed by atoms with E-state index < -0.39 is 12.3 Å². The van der Waals surface area contributed by atoms with Gasteiger partial charge in [0.05, 0.1) is 35.4 Å². The minimum Gasteiger partial charge on any atom is -0.299 e. The summed E-state index contributed by atoms with van der Waals surface area (Å²) in [4.78, 5) is 4.30. The van der Waals surface area contributed by atoms with Gasteiger partial charge in [-0.05, 0) is 24.1 Å². The van der Waals surface area contributed by atoms with E-state index in [1.807, 2.05) is 10.6 Å². The number of fused-ring (bicyclic) bond motifs is 5. The van der Waals surface area contributed by atoms with Crippen LogP contribution in [0.4, 0.5) is 8.78 Å². The first kappa shape index (κ1) is 15.8. The van der Waals surface area contributed by atoms with Gasteiger partial charge in [0.2, 0.25) is 0 Å². The summed E-state index contributed by atoms with van der Waals surface area (Å²) in [5.41, 5.74) is 3.71. The van der Waals surface area contributed by atoms with E-state index >= 15 is 0 Å². The molecule has 0 saturated carbocycles. The Hall–Kier alpha value is -2.72. The minimum atomic E-state index is -2.82. The van der Waals surface area contributed by atoms with Crippen molar-refractivity contribution in [1.82, 2.24) is 24.5 Å². The second-order valence-electron chi connectivity index (χ2n) is 5.91. The first-order valence-corrected chi connectivity index (χ1v) is 7.93. The van der Waals surface area contributed by atoms with Gasteiger partial charge in [-0.15, -0.1) is 5.10 Å². The van der Waals surface area contributed by atoms with Gasteiger partial charge in [0.1, 0.15) is 12.0 Å². The van der Waals surface area contributed by atoms with Crippen LogP contribution in [0.15, 0.2) is 30.7 Å². The Kier molecular flexibility index (Phi) is 3.58. The Morgan fingerprint density at radius 1 is 1.32 bits per heavy atom. The van der Waals surface area contributed by atoms with Crippen molar-refractivity contribution in [2.45, 2.75) is 25.7 Å². The van der Waals surface area contributed by atoms with E-state index in [0.717, 1.165) is 29.7 Å². The van der Waals surface area contributed by atoms with E-state index in [0.29, 0.717) is 17.1 Å². The molecule has 0 bridgehead atoms. The maximum Gasteiger partial charge on any atom is 0.256 e. The molecule has 3 aromatic rings. The maximum atomic E-state index is 13.0.